The van der Waals surface area contributed by atoms with Crippen LogP contribution in [0.5, 0.6) is 0 Å². The average molecular weight is 273 g/mol. The summed E-state index contributed by atoms with van der Waals surface area (Å²) in [6.07, 6.45) is 2.83. The number of aldehydes is 1. The topological polar surface area (TPSA) is 93.1 Å². The molecule has 0 aromatic carbocycles. The minimum Gasteiger partial charge on any atom is -0.481 e. The minimum atomic E-state index is -0.899. The van der Waals surface area contributed by atoms with E-state index >= 15 is 0 Å². The molecule has 0 aromatic rings. The van der Waals surface area contributed by atoms with Crippen molar-refractivity contribution in [2.45, 2.75) is 6.42 Å². The van der Waals surface area contributed by atoms with Gasteiger partial charge in [0.05, 0.1) is 32.8 Å². The molecule has 0 aliphatic rings. The Balaban J connectivity index is 3.43. The van der Waals surface area contributed by atoms with Crippen LogP contribution < -0.4 is 0 Å². The van der Waals surface area contributed by atoms with Gasteiger partial charge in [-0.05, 0) is 6.08 Å². The van der Waals surface area contributed by atoms with Gasteiger partial charge in [0.1, 0.15) is 6.29 Å². The van der Waals surface area contributed by atoms with E-state index in [0.717, 1.165) is 6.08 Å². The van der Waals surface area contributed by atoms with Gasteiger partial charge in [0.15, 0.2) is 0 Å². The quantitative estimate of drug-likeness (QED) is 0.316. The number of hydrogen-bond donors (Lipinski definition) is 1. The fourth-order valence-corrected chi connectivity index (χ4v) is 1.04. The van der Waals surface area contributed by atoms with E-state index in [1.165, 1.54) is 11.0 Å². The maximum absolute atomic E-state index is 11.3. The zero-order valence-electron chi connectivity index (χ0n) is 10.9. The van der Waals surface area contributed by atoms with Crippen LogP contribution in [0.2, 0.25) is 0 Å². The zero-order valence-corrected chi connectivity index (χ0v) is 10.9. The second-order valence-electron chi connectivity index (χ2n) is 3.62. The molecule has 0 aliphatic heterocycles. The molecule has 0 heterocycles. The molecule has 0 aliphatic carbocycles. The molecule has 0 atom stereocenters. The van der Waals surface area contributed by atoms with Crippen LogP contribution in [0.1, 0.15) is 6.42 Å². The lowest BCUT2D eigenvalue weighted by Crippen LogP contribution is -2.29. The standard InChI is InChI=1S/C12H19NO6/c1-13(11(15)3-2-6-14)5-8-19-10-9-18-7-4-12(16)17/h2-3,6H,4-5,7-10H2,1H3,(H,16,17)/b3-2-. The van der Waals surface area contributed by atoms with Crippen LogP contribution in [0, 0.1) is 0 Å². The lowest BCUT2D eigenvalue weighted by Gasteiger charge is -2.14. The number of amides is 1. The van der Waals surface area contributed by atoms with Gasteiger partial charge < -0.3 is 19.5 Å². The largest absolute Gasteiger partial charge is 0.481 e. The molecule has 0 saturated heterocycles. The molecule has 19 heavy (non-hydrogen) atoms. The smallest absolute Gasteiger partial charge is 0.305 e. The summed E-state index contributed by atoms with van der Waals surface area (Å²) in [5.41, 5.74) is 0. The molecule has 108 valence electrons. The molecular weight excluding hydrogens is 254 g/mol. The predicted octanol–water partition coefficient (Wildman–Crippen LogP) is -0.292. The van der Waals surface area contributed by atoms with Gasteiger partial charge in [-0.2, -0.15) is 0 Å². The minimum absolute atomic E-state index is 0.0275. The van der Waals surface area contributed by atoms with Crippen molar-refractivity contribution < 1.29 is 29.0 Å². The van der Waals surface area contributed by atoms with Gasteiger partial charge in [0.2, 0.25) is 5.91 Å². The number of carbonyl (C=O) groups excluding carboxylic acids is 2. The fourth-order valence-electron chi connectivity index (χ4n) is 1.04. The Hall–Kier alpha value is -1.73. The van der Waals surface area contributed by atoms with Crippen LogP contribution in [-0.2, 0) is 23.9 Å². The highest BCUT2D eigenvalue weighted by Gasteiger charge is 2.03. The van der Waals surface area contributed by atoms with Gasteiger partial charge in [-0.1, -0.05) is 0 Å². The molecule has 0 fully saturated rings. The first-order valence-electron chi connectivity index (χ1n) is 5.82. The Kier molecular flexibility index (Phi) is 10.3. The first-order chi connectivity index (χ1) is 9.07. The van der Waals surface area contributed by atoms with Gasteiger partial charge in [-0.15, -0.1) is 0 Å². The van der Waals surface area contributed by atoms with E-state index in [1.54, 1.807) is 7.05 Å². The molecule has 7 nitrogen and oxygen atoms in total. The van der Waals surface area contributed by atoms with E-state index in [1.807, 2.05) is 0 Å². The summed E-state index contributed by atoms with van der Waals surface area (Å²) in [7, 11) is 1.60. The first kappa shape index (κ1) is 17.3. The molecular formula is C12H19NO6. The Bertz CT molecular complexity index is 315. The third-order valence-electron chi connectivity index (χ3n) is 2.10. The lowest BCUT2D eigenvalue weighted by atomic mass is 10.4. The zero-order chi connectivity index (χ0) is 14.5. The van der Waals surface area contributed by atoms with Gasteiger partial charge >= 0.3 is 5.97 Å². The van der Waals surface area contributed by atoms with E-state index in [2.05, 4.69) is 0 Å². The number of carboxylic acids is 1. The number of carboxylic acid groups (broad SMARTS) is 1. The summed E-state index contributed by atoms with van der Waals surface area (Å²) in [6, 6.07) is 0. The van der Waals surface area contributed by atoms with Crippen LogP contribution in [0.15, 0.2) is 12.2 Å². The predicted molar refractivity (Wildman–Crippen MR) is 66.7 cm³/mol. The number of hydrogen-bond acceptors (Lipinski definition) is 5. The Morgan fingerprint density at radius 3 is 2.37 bits per heavy atom. The third-order valence-corrected chi connectivity index (χ3v) is 2.10. The summed E-state index contributed by atoms with van der Waals surface area (Å²) < 4.78 is 10.2. The number of ether oxygens (including phenoxy) is 2. The fraction of sp³-hybridized carbons (Fsp3) is 0.583. The summed E-state index contributed by atoms with van der Waals surface area (Å²) in [5.74, 6) is -1.17. The van der Waals surface area contributed by atoms with Crippen LogP contribution in [0.25, 0.3) is 0 Å². The van der Waals surface area contributed by atoms with Gasteiger partial charge in [0.25, 0.3) is 0 Å². The Labute approximate surface area is 111 Å². The number of rotatable bonds is 11. The monoisotopic (exact) mass is 273 g/mol. The molecule has 0 unspecified atom stereocenters. The summed E-state index contributed by atoms with van der Waals surface area (Å²) in [6.45, 7) is 1.56. The highest BCUT2D eigenvalue weighted by molar-refractivity contribution is 5.90. The molecule has 0 bridgehead atoms. The molecule has 1 N–H and O–H groups in total. The van der Waals surface area contributed by atoms with Crippen molar-refractivity contribution >= 4 is 18.2 Å². The lowest BCUT2D eigenvalue weighted by molar-refractivity contribution is -0.138. The molecule has 1 amide bonds. The third kappa shape index (κ3) is 11.1. The van der Waals surface area contributed by atoms with Crippen LogP contribution in [0.4, 0.5) is 0 Å². The SMILES string of the molecule is CN(CCOCCOCCC(=O)O)C(=O)/C=C\C=O. The normalized spacial score (nSPS) is 10.6. The van der Waals surface area contributed by atoms with E-state index < -0.39 is 5.97 Å². The van der Waals surface area contributed by atoms with E-state index in [0.29, 0.717) is 32.7 Å². The molecule has 7 heteroatoms. The number of carbonyl (C=O) groups is 3. The summed E-state index contributed by atoms with van der Waals surface area (Å²) >= 11 is 0. The van der Waals surface area contributed by atoms with Crippen molar-refractivity contribution in [3.63, 3.8) is 0 Å². The van der Waals surface area contributed by atoms with Crippen LogP contribution in [-0.4, -0.2) is 68.2 Å². The maximum atomic E-state index is 11.3. The number of nitrogens with zero attached hydrogens (tertiary/aromatic N) is 1. The molecule has 0 saturated carbocycles. The van der Waals surface area contributed by atoms with Crippen LogP contribution in [0.3, 0.4) is 0 Å². The number of likely N-dealkylation sites (N-methyl/N-ethyl adjacent to an activating group) is 1. The molecule has 0 rings (SSSR count). The molecule has 0 aromatic heterocycles. The van der Waals surface area contributed by atoms with E-state index in [-0.39, 0.29) is 18.9 Å². The summed E-state index contributed by atoms with van der Waals surface area (Å²) in [5, 5.41) is 8.35. The number of allylic oxidation sites excluding steroid dienone is 1. The Morgan fingerprint density at radius 1 is 1.16 bits per heavy atom. The van der Waals surface area contributed by atoms with Gasteiger partial charge in [-0.25, -0.2) is 0 Å². The van der Waals surface area contributed by atoms with Crippen molar-refractivity contribution in [3.05, 3.63) is 12.2 Å². The number of aliphatic carboxylic acids is 1. The molecule has 0 spiro atoms. The second-order valence-corrected chi connectivity index (χ2v) is 3.62. The Morgan fingerprint density at radius 2 is 1.79 bits per heavy atom. The van der Waals surface area contributed by atoms with Crippen molar-refractivity contribution in [1.82, 2.24) is 4.90 Å². The van der Waals surface area contributed by atoms with E-state index in [9.17, 15) is 14.4 Å². The van der Waals surface area contributed by atoms with Gasteiger partial charge in [0, 0.05) is 19.7 Å². The highest BCUT2D eigenvalue weighted by atomic mass is 16.5. The van der Waals surface area contributed by atoms with E-state index in [4.69, 9.17) is 14.6 Å². The molecule has 0 radical (unpaired) electrons. The van der Waals surface area contributed by atoms with Crippen molar-refractivity contribution in [2.24, 2.45) is 0 Å². The van der Waals surface area contributed by atoms with Crippen molar-refractivity contribution in [1.29, 1.82) is 0 Å². The first-order valence-corrected chi connectivity index (χ1v) is 5.82. The highest BCUT2D eigenvalue weighted by Crippen LogP contribution is 1.88. The van der Waals surface area contributed by atoms with Crippen molar-refractivity contribution in [2.75, 3.05) is 40.0 Å². The van der Waals surface area contributed by atoms with Crippen molar-refractivity contribution in [3.8, 4) is 0 Å². The summed E-state index contributed by atoms with van der Waals surface area (Å²) in [4.78, 5) is 32.9. The second kappa shape index (κ2) is 11.4. The van der Waals surface area contributed by atoms with Crippen LogP contribution >= 0.6 is 0 Å². The maximum Gasteiger partial charge on any atom is 0.305 e. The van der Waals surface area contributed by atoms with Gasteiger partial charge in [-0.3, -0.25) is 14.4 Å². The average Bonchev–Trinajstić information content (AvgIpc) is 2.38.